The minimum Gasteiger partial charge on any atom is -0.468 e. The van der Waals surface area contributed by atoms with Crippen molar-refractivity contribution in [1.82, 2.24) is 9.71 Å². The fourth-order valence-electron chi connectivity index (χ4n) is 1.99. The lowest BCUT2D eigenvalue weighted by Gasteiger charge is -2.04. The molecular formula is C15H16N2O3S3. The van der Waals surface area contributed by atoms with Crippen molar-refractivity contribution >= 4 is 43.3 Å². The first-order valence-electron chi connectivity index (χ1n) is 7.10. The van der Waals surface area contributed by atoms with Gasteiger partial charge in [0.2, 0.25) is 10.0 Å². The van der Waals surface area contributed by atoms with Gasteiger partial charge in [0.1, 0.15) is 5.76 Å². The van der Waals surface area contributed by atoms with Gasteiger partial charge in [0.05, 0.1) is 28.8 Å². The number of thioether (sulfide) groups is 1. The lowest BCUT2D eigenvalue weighted by molar-refractivity contribution is 0.498. The molecule has 0 radical (unpaired) electrons. The minimum absolute atomic E-state index is 0.103. The second-order valence-corrected chi connectivity index (χ2v) is 9.17. The highest BCUT2D eigenvalue weighted by Crippen LogP contribution is 2.29. The smallest absolute Gasteiger partial charge is 0.212 e. The highest BCUT2D eigenvalue weighted by Gasteiger charge is 2.11. The molecule has 0 amide bonds. The summed E-state index contributed by atoms with van der Waals surface area (Å²) in [7, 11) is -3.28. The Labute approximate surface area is 143 Å². The summed E-state index contributed by atoms with van der Waals surface area (Å²) in [6, 6.07) is 11.5. The number of hydrogen-bond donors (Lipinski definition) is 1. The Hall–Kier alpha value is -1.35. The van der Waals surface area contributed by atoms with Crippen molar-refractivity contribution in [2.45, 2.75) is 17.3 Å². The lowest BCUT2D eigenvalue weighted by Crippen LogP contribution is -2.26. The zero-order chi connectivity index (χ0) is 16.1. The lowest BCUT2D eigenvalue weighted by atomic mass is 10.3. The maximum absolute atomic E-state index is 11.9. The van der Waals surface area contributed by atoms with E-state index in [0.29, 0.717) is 12.2 Å². The number of sulfonamides is 1. The molecule has 5 nitrogen and oxygen atoms in total. The summed E-state index contributed by atoms with van der Waals surface area (Å²) in [6.45, 7) is 0.195. The molecule has 0 bridgehead atoms. The summed E-state index contributed by atoms with van der Waals surface area (Å²) in [4.78, 5) is 4.52. The Bertz CT molecular complexity index is 824. The van der Waals surface area contributed by atoms with Gasteiger partial charge in [-0.15, -0.1) is 11.3 Å². The van der Waals surface area contributed by atoms with Crippen molar-refractivity contribution in [3.05, 3.63) is 48.4 Å². The molecule has 0 atom stereocenters. The van der Waals surface area contributed by atoms with Crippen molar-refractivity contribution in [1.29, 1.82) is 0 Å². The molecule has 0 saturated carbocycles. The summed E-state index contributed by atoms with van der Waals surface area (Å²) in [6.07, 6.45) is 2.10. The van der Waals surface area contributed by atoms with Crippen LogP contribution in [-0.4, -0.2) is 24.9 Å². The largest absolute Gasteiger partial charge is 0.468 e. The molecule has 1 N–H and O–H groups in total. The van der Waals surface area contributed by atoms with E-state index in [1.54, 1.807) is 35.2 Å². The Balaban J connectivity index is 1.43. The van der Waals surface area contributed by atoms with Crippen LogP contribution in [0.2, 0.25) is 0 Å². The van der Waals surface area contributed by atoms with Crippen LogP contribution in [0.3, 0.4) is 0 Å². The van der Waals surface area contributed by atoms with E-state index in [-0.39, 0.29) is 12.3 Å². The first-order chi connectivity index (χ1) is 11.1. The molecule has 0 aliphatic rings. The minimum atomic E-state index is -3.28. The van der Waals surface area contributed by atoms with Crippen LogP contribution in [0.4, 0.5) is 0 Å². The number of benzene rings is 1. The average Bonchev–Trinajstić information content (AvgIpc) is 3.18. The molecule has 0 unspecified atom stereocenters. The topological polar surface area (TPSA) is 72.2 Å². The molecule has 23 heavy (non-hydrogen) atoms. The van der Waals surface area contributed by atoms with Crippen LogP contribution in [0.25, 0.3) is 10.2 Å². The maximum Gasteiger partial charge on any atom is 0.212 e. The molecule has 0 aliphatic carbocycles. The predicted molar refractivity (Wildman–Crippen MR) is 94.3 cm³/mol. The maximum atomic E-state index is 11.9. The zero-order valence-electron chi connectivity index (χ0n) is 12.3. The summed E-state index contributed by atoms with van der Waals surface area (Å²) in [5.41, 5.74) is 0.993. The van der Waals surface area contributed by atoms with Crippen LogP contribution in [0.1, 0.15) is 12.2 Å². The number of thiazole rings is 1. The van der Waals surface area contributed by atoms with Crippen LogP contribution < -0.4 is 4.72 Å². The van der Waals surface area contributed by atoms with Crippen molar-refractivity contribution in [2.75, 3.05) is 11.5 Å². The third kappa shape index (κ3) is 4.81. The van der Waals surface area contributed by atoms with E-state index in [1.807, 2.05) is 24.3 Å². The fraction of sp³-hybridized carbons (Fsp3) is 0.267. The molecule has 0 aliphatic heterocycles. The molecule has 2 aromatic heterocycles. The molecule has 8 heteroatoms. The molecule has 3 rings (SSSR count). The van der Waals surface area contributed by atoms with Gasteiger partial charge in [0.15, 0.2) is 4.34 Å². The predicted octanol–water partition coefficient (Wildman–Crippen LogP) is 3.49. The summed E-state index contributed by atoms with van der Waals surface area (Å²) in [5.74, 6) is 1.44. The van der Waals surface area contributed by atoms with Crippen molar-refractivity contribution in [2.24, 2.45) is 0 Å². The molecule has 2 heterocycles. The molecule has 1 aromatic carbocycles. The SMILES string of the molecule is O=S(=O)(CCCSc1nc2ccccc2s1)NCc1ccco1. The number of nitrogens with zero attached hydrogens (tertiary/aromatic N) is 1. The number of hydrogen-bond acceptors (Lipinski definition) is 6. The van der Waals surface area contributed by atoms with Gasteiger partial charge in [-0.25, -0.2) is 18.1 Å². The monoisotopic (exact) mass is 368 g/mol. The first kappa shape index (κ1) is 16.5. The van der Waals surface area contributed by atoms with Crippen LogP contribution in [0, 0.1) is 0 Å². The Morgan fingerprint density at radius 3 is 2.87 bits per heavy atom. The third-order valence-corrected chi connectivity index (χ3v) is 6.78. The molecule has 0 fully saturated rings. The molecule has 0 saturated heterocycles. The van der Waals surface area contributed by atoms with E-state index in [4.69, 9.17) is 4.42 Å². The van der Waals surface area contributed by atoms with Gasteiger partial charge in [-0.3, -0.25) is 0 Å². The summed E-state index contributed by atoms with van der Waals surface area (Å²) >= 11 is 3.24. The number of rotatable bonds is 8. The van der Waals surface area contributed by atoms with Crippen LogP contribution >= 0.6 is 23.1 Å². The number of fused-ring (bicyclic) bond motifs is 1. The average molecular weight is 369 g/mol. The van der Waals surface area contributed by atoms with Crippen LogP contribution in [0.15, 0.2) is 51.4 Å². The Kier molecular flexibility index (Phi) is 5.37. The summed E-state index contributed by atoms with van der Waals surface area (Å²) < 4.78 is 33.6. The number of aromatic nitrogens is 1. The van der Waals surface area contributed by atoms with Gasteiger partial charge in [-0.1, -0.05) is 23.9 Å². The first-order valence-corrected chi connectivity index (χ1v) is 10.6. The second kappa shape index (κ2) is 7.48. The van der Waals surface area contributed by atoms with E-state index in [2.05, 4.69) is 9.71 Å². The van der Waals surface area contributed by atoms with Crippen molar-refractivity contribution in [3.63, 3.8) is 0 Å². The highest BCUT2D eigenvalue weighted by atomic mass is 32.2. The molecular weight excluding hydrogens is 352 g/mol. The van der Waals surface area contributed by atoms with E-state index in [1.165, 1.54) is 6.26 Å². The van der Waals surface area contributed by atoms with Gasteiger partial charge < -0.3 is 4.42 Å². The van der Waals surface area contributed by atoms with Gasteiger partial charge in [0.25, 0.3) is 0 Å². The van der Waals surface area contributed by atoms with E-state index in [9.17, 15) is 8.42 Å². The van der Waals surface area contributed by atoms with Gasteiger partial charge in [-0.05, 0) is 30.7 Å². The van der Waals surface area contributed by atoms with E-state index < -0.39 is 10.0 Å². The zero-order valence-corrected chi connectivity index (χ0v) is 14.7. The number of para-hydroxylation sites is 1. The van der Waals surface area contributed by atoms with Crippen LogP contribution in [0.5, 0.6) is 0 Å². The normalized spacial score (nSPS) is 12.0. The quantitative estimate of drug-likeness (QED) is 0.487. The van der Waals surface area contributed by atoms with E-state index >= 15 is 0 Å². The highest BCUT2D eigenvalue weighted by molar-refractivity contribution is 8.01. The van der Waals surface area contributed by atoms with E-state index in [0.717, 1.165) is 20.3 Å². The van der Waals surface area contributed by atoms with Gasteiger partial charge >= 0.3 is 0 Å². The fourth-order valence-corrected chi connectivity index (χ4v) is 5.28. The summed E-state index contributed by atoms with van der Waals surface area (Å²) in [5, 5.41) is 0. The molecule has 122 valence electrons. The number of nitrogens with one attached hydrogen (secondary N) is 1. The van der Waals surface area contributed by atoms with Crippen molar-refractivity contribution < 1.29 is 12.8 Å². The van der Waals surface area contributed by atoms with Gasteiger partial charge in [-0.2, -0.15) is 0 Å². The Morgan fingerprint density at radius 1 is 1.22 bits per heavy atom. The Morgan fingerprint density at radius 2 is 2.09 bits per heavy atom. The molecule has 3 aromatic rings. The standard InChI is InChI=1S/C15H16N2O3S3/c18-23(19,16-11-12-5-3-8-20-12)10-4-9-21-15-17-13-6-1-2-7-14(13)22-15/h1-3,5-8,16H,4,9-11H2. The van der Waals surface area contributed by atoms with Crippen molar-refractivity contribution in [3.8, 4) is 0 Å². The third-order valence-electron chi connectivity index (χ3n) is 3.10. The van der Waals surface area contributed by atoms with Gasteiger partial charge in [0, 0.05) is 5.75 Å². The van der Waals surface area contributed by atoms with Crippen LogP contribution in [-0.2, 0) is 16.6 Å². The number of furan rings is 1. The molecule has 0 spiro atoms. The second-order valence-electron chi connectivity index (χ2n) is 4.87.